The Morgan fingerprint density at radius 1 is 1.40 bits per heavy atom. The molecule has 2 heterocycles. The van der Waals surface area contributed by atoms with Crippen molar-refractivity contribution in [3.63, 3.8) is 0 Å². The molecule has 0 unspecified atom stereocenters. The van der Waals surface area contributed by atoms with Crippen LogP contribution in [0.4, 0.5) is 13.2 Å². The van der Waals surface area contributed by atoms with Gasteiger partial charge in [0.05, 0.1) is 12.2 Å². The Morgan fingerprint density at radius 2 is 2.10 bits per heavy atom. The zero-order valence-electron chi connectivity index (χ0n) is 9.72. The summed E-state index contributed by atoms with van der Waals surface area (Å²) >= 11 is 0.789. The van der Waals surface area contributed by atoms with Crippen LogP contribution in [-0.2, 0) is 12.7 Å². The van der Waals surface area contributed by atoms with Crippen LogP contribution >= 0.6 is 11.3 Å². The van der Waals surface area contributed by atoms with Gasteiger partial charge in [-0.15, -0.1) is 11.3 Å². The Bertz CT molecular complexity index is 705. The second kappa shape index (κ2) is 5.08. The molecule has 20 heavy (non-hydrogen) atoms. The molecule has 0 radical (unpaired) electrons. The number of nitrogens with zero attached hydrogens (tertiary/aromatic N) is 2. The van der Waals surface area contributed by atoms with Gasteiger partial charge in [-0.3, -0.25) is 9.36 Å². The normalized spacial score (nSPS) is 11.6. The molecule has 0 aliphatic carbocycles. The lowest BCUT2D eigenvalue weighted by atomic mass is 10.3. The first-order chi connectivity index (χ1) is 9.29. The monoisotopic (exact) mass is 304 g/mol. The highest BCUT2D eigenvalue weighted by molar-refractivity contribution is 7.11. The number of hydrogen-bond acceptors (Lipinski definition) is 4. The highest BCUT2D eigenvalue weighted by atomic mass is 32.1. The van der Waals surface area contributed by atoms with Crippen molar-refractivity contribution in [1.29, 1.82) is 0 Å². The minimum atomic E-state index is -4.67. The van der Waals surface area contributed by atoms with Crippen LogP contribution in [0.15, 0.2) is 28.4 Å². The first-order valence-electron chi connectivity index (χ1n) is 5.24. The van der Waals surface area contributed by atoms with E-state index in [1.54, 1.807) is 0 Å². The van der Waals surface area contributed by atoms with Crippen LogP contribution in [0.25, 0.3) is 0 Å². The Hall–Kier alpha value is -2.16. The third-order valence-corrected chi connectivity index (χ3v) is 3.27. The lowest BCUT2D eigenvalue weighted by Crippen LogP contribution is -2.27. The van der Waals surface area contributed by atoms with Gasteiger partial charge in [0.15, 0.2) is 0 Å². The van der Waals surface area contributed by atoms with Gasteiger partial charge >= 0.3 is 12.1 Å². The summed E-state index contributed by atoms with van der Waals surface area (Å²) in [5.41, 5.74) is -1.84. The SMILES string of the molecule is O=C(O)c1nc(Cn2c(C(F)(F)F)cccc2=O)cs1. The van der Waals surface area contributed by atoms with Crippen LogP contribution in [0, 0.1) is 0 Å². The highest BCUT2D eigenvalue weighted by Gasteiger charge is 2.34. The van der Waals surface area contributed by atoms with Crippen LogP contribution in [0.2, 0.25) is 0 Å². The standard InChI is InChI=1S/C11H7F3N2O3S/c12-11(13,14)7-2-1-3-8(17)16(7)4-6-5-20-9(15-6)10(18)19/h1-3,5H,4H2,(H,18,19). The number of carbonyl (C=O) groups is 1. The van der Waals surface area contributed by atoms with E-state index < -0.39 is 29.9 Å². The highest BCUT2D eigenvalue weighted by Crippen LogP contribution is 2.28. The molecule has 0 saturated heterocycles. The Balaban J connectivity index is 2.42. The third kappa shape index (κ3) is 2.87. The number of aromatic nitrogens is 2. The predicted molar refractivity (Wildman–Crippen MR) is 63.9 cm³/mol. The lowest BCUT2D eigenvalue weighted by molar-refractivity contribution is -0.144. The number of alkyl halides is 3. The molecule has 0 atom stereocenters. The summed E-state index contributed by atoms with van der Waals surface area (Å²) < 4.78 is 38.9. The average molecular weight is 304 g/mol. The summed E-state index contributed by atoms with van der Waals surface area (Å²) in [5, 5.41) is 9.77. The minimum Gasteiger partial charge on any atom is -0.476 e. The molecule has 106 valence electrons. The molecule has 0 spiro atoms. The van der Waals surface area contributed by atoms with E-state index in [9.17, 15) is 22.8 Å². The molecule has 0 aliphatic heterocycles. The predicted octanol–water partition coefficient (Wildman–Crippen LogP) is 2.07. The van der Waals surface area contributed by atoms with Gasteiger partial charge in [0.25, 0.3) is 5.56 Å². The van der Waals surface area contributed by atoms with Crippen LogP contribution in [0.5, 0.6) is 0 Å². The molecule has 0 bridgehead atoms. The fraction of sp³-hybridized carbons (Fsp3) is 0.182. The van der Waals surface area contributed by atoms with Crippen LogP contribution in [0.3, 0.4) is 0 Å². The fourth-order valence-electron chi connectivity index (χ4n) is 1.57. The third-order valence-electron chi connectivity index (χ3n) is 2.39. The minimum absolute atomic E-state index is 0.0891. The summed E-state index contributed by atoms with van der Waals surface area (Å²) in [4.78, 5) is 25.9. The Labute approximate surface area is 113 Å². The van der Waals surface area contributed by atoms with E-state index in [1.807, 2.05) is 0 Å². The Morgan fingerprint density at radius 3 is 2.65 bits per heavy atom. The first-order valence-corrected chi connectivity index (χ1v) is 6.12. The molecule has 2 aromatic heterocycles. The number of rotatable bonds is 3. The fourth-order valence-corrected chi connectivity index (χ4v) is 2.22. The van der Waals surface area contributed by atoms with Crippen LogP contribution < -0.4 is 5.56 Å². The molecule has 0 aliphatic rings. The first kappa shape index (κ1) is 14.3. The van der Waals surface area contributed by atoms with Gasteiger partial charge in [0.2, 0.25) is 5.01 Å². The van der Waals surface area contributed by atoms with Gasteiger partial charge < -0.3 is 5.11 Å². The average Bonchev–Trinajstić information content (AvgIpc) is 2.79. The summed E-state index contributed by atoms with van der Waals surface area (Å²) in [6.07, 6.45) is -4.67. The van der Waals surface area contributed by atoms with Crippen LogP contribution in [0.1, 0.15) is 21.2 Å². The van der Waals surface area contributed by atoms with E-state index >= 15 is 0 Å². The van der Waals surface area contributed by atoms with Crippen molar-refractivity contribution in [3.8, 4) is 0 Å². The van der Waals surface area contributed by atoms with Gasteiger partial charge in [-0.2, -0.15) is 13.2 Å². The van der Waals surface area contributed by atoms with Crippen LogP contribution in [-0.4, -0.2) is 20.6 Å². The van der Waals surface area contributed by atoms with Gasteiger partial charge in [-0.25, -0.2) is 9.78 Å². The van der Waals surface area contributed by atoms with E-state index in [0.29, 0.717) is 4.57 Å². The molecule has 0 fully saturated rings. The second-order valence-corrected chi connectivity index (χ2v) is 4.64. The molecule has 9 heteroatoms. The molecular weight excluding hydrogens is 297 g/mol. The molecule has 2 aromatic rings. The number of hydrogen-bond donors (Lipinski definition) is 1. The van der Waals surface area contributed by atoms with Crippen molar-refractivity contribution >= 4 is 17.3 Å². The number of pyridine rings is 1. The zero-order valence-corrected chi connectivity index (χ0v) is 10.5. The summed E-state index contributed by atoms with van der Waals surface area (Å²) in [5.74, 6) is -1.27. The van der Waals surface area contributed by atoms with Crippen molar-refractivity contribution in [2.75, 3.05) is 0 Å². The quantitative estimate of drug-likeness (QED) is 0.942. The zero-order chi connectivity index (χ0) is 14.9. The van der Waals surface area contributed by atoms with E-state index in [-0.39, 0.29) is 10.7 Å². The molecule has 0 saturated carbocycles. The molecule has 5 nitrogen and oxygen atoms in total. The number of halogens is 3. The van der Waals surface area contributed by atoms with Crippen molar-refractivity contribution in [1.82, 2.24) is 9.55 Å². The van der Waals surface area contributed by atoms with Gasteiger partial charge in [-0.05, 0) is 6.07 Å². The maximum atomic E-state index is 12.8. The molecule has 1 N–H and O–H groups in total. The van der Waals surface area contributed by atoms with E-state index in [0.717, 1.165) is 29.5 Å². The molecule has 0 aromatic carbocycles. The number of carboxylic acids is 1. The van der Waals surface area contributed by atoms with E-state index in [2.05, 4.69) is 4.98 Å². The van der Waals surface area contributed by atoms with E-state index in [1.165, 1.54) is 5.38 Å². The number of carboxylic acid groups (broad SMARTS) is 1. The second-order valence-electron chi connectivity index (χ2n) is 3.78. The van der Waals surface area contributed by atoms with E-state index in [4.69, 9.17) is 5.11 Å². The number of thiazole rings is 1. The smallest absolute Gasteiger partial charge is 0.431 e. The van der Waals surface area contributed by atoms with Gasteiger partial charge in [0, 0.05) is 11.4 Å². The summed E-state index contributed by atoms with van der Waals surface area (Å²) in [6, 6.07) is 2.80. The molecule has 0 amide bonds. The van der Waals surface area contributed by atoms with Gasteiger partial charge in [-0.1, -0.05) is 6.07 Å². The molecular formula is C11H7F3N2O3S. The number of aromatic carboxylic acids is 1. The Kier molecular flexibility index (Phi) is 3.62. The summed E-state index contributed by atoms with van der Waals surface area (Å²) in [7, 11) is 0. The maximum Gasteiger partial charge on any atom is 0.431 e. The maximum absolute atomic E-state index is 12.8. The summed E-state index contributed by atoms with van der Waals surface area (Å²) in [6.45, 7) is -0.432. The lowest BCUT2D eigenvalue weighted by Gasteiger charge is -2.13. The molecule has 2 rings (SSSR count). The van der Waals surface area contributed by atoms with Crippen molar-refractivity contribution in [2.45, 2.75) is 12.7 Å². The van der Waals surface area contributed by atoms with Crippen molar-refractivity contribution in [3.05, 3.63) is 50.3 Å². The topological polar surface area (TPSA) is 72.2 Å². The van der Waals surface area contributed by atoms with Gasteiger partial charge in [0.1, 0.15) is 5.69 Å². The van der Waals surface area contributed by atoms with Crippen molar-refractivity contribution < 1.29 is 23.1 Å². The van der Waals surface area contributed by atoms with Crippen molar-refractivity contribution in [2.24, 2.45) is 0 Å². The largest absolute Gasteiger partial charge is 0.476 e.